The van der Waals surface area contributed by atoms with Gasteiger partial charge in [-0.3, -0.25) is 0 Å². The van der Waals surface area contributed by atoms with E-state index in [1.54, 1.807) is 6.92 Å². The SMILES string of the molecule is C=C(COC(CC)CC)C(=O)OCC. The topological polar surface area (TPSA) is 35.5 Å². The van der Waals surface area contributed by atoms with Crippen LogP contribution in [0.5, 0.6) is 0 Å². The number of carbonyl (C=O) groups is 1. The average Bonchev–Trinajstić information content (AvgIpc) is 2.19. The summed E-state index contributed by atoms with van der Waals surface area (Å²) in [7, 11) is 0. The highest BCUT2D eigenvalue weighted by Gasteiger charge is 2.10. The monoisotopic (exact) mass is 200 g/mol. The molecule has 0 aromatic rings. The van der Waals surface area contributed by atoms with Crippen molar-refractivity contribution in [2.75, 3.05) is 13.2 Å². The van der Waals surface area contributed by atoms with E-state index in [0.717, 1.165) is 12.8 Å². The molecule has 0 radical (unpaired) electrons. The van der Waals surface area contributed by atoms with Crippen molar-refractivity contribution < 1.29 is 14.3 Å². The molecule has 0 rings (SSSR count). The highest BCUT2D eigenvalue weighted by Crippen LogP contribution is 2.05. The van der Waals surface area contributed by atoms with Crippen LogP contribution in [0.3, 0.4) is 0 Å². The predicted octanol–water partition coefficient (Wildman–Crippen LogP) is 2.31. The highest BCUT2D eigenvalue weighted by atomic mass is 16.5. The van der Waals surface area contributed by atoms with Crippen LogP contribution in [0.1, 0.15) is 33.6 Å². The molecule has 0 heterocycles. The molecule has 0 unspecified atom stereocenters. The van der Waals surface area contributed by atoms with Gasteiger partial charge in [0.05, 0.1) is 24.9 Å². The van der Waals surface area contributed by atoms with E-state index in [0.29, 0.717) is 12.2 Å². The summed E-state index contributed by atoms with van der Waals surface area (Å²) in [4.78, 5) is 11.1. The van der Waals surface area contributed by atoms with Crippen molar-refractivity contribution in [3.05, 3.63) is 12.2 Å². The van der Waals surface area contributed by atoms with Gasteiger partial charge in [-0.15, -0.1) is 0 Å². The molecule has 3 nitrogen and oxygen atoms in total. The molecule has 3 heteroatoms. The zero-order chi connectivity index (χ0) is 11.0. The van der Waals surface area contributed by atoms with Crippen LogP contribution >= 0.6 is 0 Å². The molecule has 0 aliphatic rings. The van der Waals surface area contributed by atoms with Gasteiger partial charge in [-0.25, -0.2) is 4.79 Å². The molecular weight excluding hydrogens is 180 g/mol. The van der Waals surface area contributed by atoms with E-state index in [1.165, 1.54) is 0 Å². The molecule has 0 aliphatic heterocycles. The summed E-state index contributed by atoms with van der Waals surface area (Å²) in [6.45, 7) is 10.1. The van der Waals surface area contributed by atoms with Gasteiger partial charge in [0.2, 0.25) is 0 Å². The maximum Gasteiger partial charge on any atom is 0.335 e. The van der Waals surface area contributed by atoms with Crippen LogP contribution in [-0.4, -0.2) is 25.3 Å². The van der Waals surface area contributed by atoms with Crippen molar-refractivity contribution >= 4 is 5.97 Å². The Bertz CT molecular complexity index is 183. The van der Waals surface area contributed by atoms with Crippen LogP contribution in [-0.2, 0) is 14.3 Å². The normalized spacial score (nSPS) is 10.3. The van der Waals surface area contributed by atoms with Crippen LogP contribution in [0.2, 0.25) is 0 Å². The second kappa shape index (κ2) is 7.56. The largest absolute Gasteiger partial charge is 0.463 e. The van der Waals surface area contributed by atoms with Crippen molar-refractivity contribution in [3.63, 3.8) is 0 Å². The van der Waals surface area contributed by atoms with Gasteiger partial charge < -0.3 is 9.47 Å². The molecule has 0 amide bonds. The average molecular weight is 200 g/mol. The minimum absolute atomic E-state index is 0.209. The highest BCUT2D eigenvalue weighted by molar-refractivity contribution is 5.87. The van der Waals surface area contributed by atoms with Crippen LogP contribution in [0.25, 0.3) is 0 Å². The van der Waals surface area contributed by atoms with E-state index in [1.807, 2.05) is 0 Å². The van der Waals surface area contributed by atoms with Crippen LogP contribution in [0, 0.1) is 0 Å². The van der Waals surface area contributed by atoms with Gasteiger partial charge in [0, 0.05) is 0 Å². The summed E-state index contributed by atoms with van der Waals surface area (Å²) in [6, 6.07) is 0. The molecule has 0 atom stereocenters. The summed E-state index contributed by atoms with van der Waals surface area (Å²) in [5.74, 6) is -0.363. The predicted molar refractivity (Wildman–Crippen MR) is 56.1 cm³/mol. The first-order valence-electron chi connectivity index (χ1n) is 5.12. The van der Waals surface area contributed by atoms with Crippen LogP contribution in [0.15, 0.2) is 12.2 Å². The lowest BCUT2D eigenvalue weighted by Gasteiger charge is -2.14. The van der Waals surface area contributed by atoms with Gasteiger partial charge in [-0.2, -0.15) is 0 Å². The fourth-order valence-electron chi connectivity index (χ4n) is 1.03. The van der Waals surface area contributed by atoms with Crippen molar-refractivity contribution in [1.82, 2.24) is 0 Å². The van der Waals surface area contributed by atoms with Gasteiger partial charge >= 0.3 is 5.97 Å². The molecule has 0 saturated carbocycles. The first kappa shape index (κ1) is 13.2. The molecule has 0 aliphatic carbocycles. The zero-order valence-electron chi connectivity index (χ0n) is 9.34. The third-order valence-electron chi connectivity index (χ3n) is 1.97. The number of rotatable bonds is 7. The standard InChI is InChI=1S/C11H20O3/c1-5-10(6-2)14-8-9(4)11(12)13-7-3/h10H,4-8H2,1-3H3. The number of hydrogen-bond acceptors (Lipinski definition) is 3. The van der Waals surface area contributed by atoms with Crippen molar-refractivity contribution in [3.8, 4) is 0 Å². The van der Waals surface area contributed by atoms with E-state index in [-0.39, 0.29) is 18.7 Å². The zero-order valence-corrected chi connectivity index (χ0v) is 9.34. The Kier molecular flexibility index (Phi) is 7.11. The van der Waals surface area contributed by atoms with E-state index in [2.05, 4.69) is 20.4 Å². The summed E-state index contributed by atoms with van der Waals surface area (Å²) in [5, 5.41) is 0. The van der Waals surface area contributed by atoms with Crippen molar-refractivity contribution in [1.29, 1.82) is 0 Å². The van der Waals surface area contributed by atoms with E-state index in [4.69, 9.17) is 9.47 Å². The van der Waals surface area contributed by atoms with Gasteiger partial charge in [-0.1, -0.05) is 20.4 Å². The van der Waals surface area contributed by atoms with Gasteiger partial charge in [-0.05, 0) is 19.8 Å². The minimum Gasteiger partial charge on any atom is -0.463 e. The van der Waals surface area contributed by atoms with Gasteiger partial charge in [0.15, 0.2) is 0 Å². The molecule has 14 heavy (non-hydrogen) atoms. The van der Waals surface area contributed by atoms with E-state index < -0.39 is 0 Å². The molecule has 0 aromatic carbocycles. The Morgan fingerprint density at radius 2 is 1.86 bits per heavy atom. The second-order valence-electron chi connectivity index (χ2n) is 3.07. The molecular formula is C11H20O3. The van der Waals surface area contributed by atoms with Crippen molar-refractivity contribution in [2.24, 2.45) is 0 Å². The lowest BCUT2D eigenvalue weighted by Crippen LogP contribution is -2.17. The maximum absolute atomic E-state index is 11.1. The molecule has 0 spiro atoms. The maximum atomic E-state index is 11.1. The fraction of sp³-hybridized carbons (Fsp3) is 0.727. The first-order chi connectivity index (χ1) is 6.65. The van der Waals surface area contributed by atoms with E-state index in [9.17, 15) is 4.79 Å². The number of ether oxygens (including phenoxy) is 2. The molecule has 82 valence electrons. The Morgan fingerprint density at radius 1 is 1.29 bits per heavy atom. The molecule has 0 saturated heterocycles. The third kappa shape index (κ3) is 5.02. The third-order valence-corrected chi connectivity index (χ3v) is 1.97. The van der Waals surface area contributed by atoms with Crippen molar-refractivity contribution in [2.45, 2.75) is 39.7 Å². The summed E-state index contributed by atoms with van der Waals surface area (Å²) >= 11 is 0. The number of hydrogen-bond donors (Lipinski definition) is 0. The lowest BCUT2D eigenvalue weighted by molar-refractivity contribution is -0.139. The smallest absolute Gasteiger partial charge is 0.335 e. The molecule has 0 aromatic heterocycles. The molecule has 0 bridgehead atoms. The summed E-state index contributed by atoms with van der Waals surface area (Å²) < 4.78 is 10.3. The Labute approximate surface area is 86.1 Å². The van der Waals surface area contributed by atoms with Gasteiger partial charge in [0.25, 0.3) is 0 Å². The quantitative estimate of drug-likeness (QED) is 0.467. The molecule has 0 N–H and O–H groups in total. The molecule has 0 fully saturated rings. The minimum atomic E-state index is -0.363. The number of esters is 1. The summed E-state index contributed by atoms with van der Waals surface area (Å²) in [5.41, 5.74) is 0.388. The van der Waals surface area contributed by atoms with Crippen LogP contribution in [0.4, 0.5) is 0 Å². The Hall–Kier alpha value is -0.830. The lowest BCUT2D eigenvalue weighted by atomic mass is 10.2. The van der Waals surface area contributed by atoms with Gasteiger partial charge in [0.1, 0.15) is 0 Å². The summed E-state index contributed by atoms with van der Waals surface area (Å²) in [6.07, 6.45) is 2.11. The first-order valence-corrected chi connectivity index (χ1v) is 5.12. The van der Waals surface area contributed by atoms with E-state index >= 15 is 0 Å². The Morgan fingerprint density at radius 3 is 2.29 bits per heavy atom. The van der Waals surface area contributed by atoms with Crippen LogP contribution < -0.4 is 0 Å². The Balaban J connectivity index is 3.77. The number of carbonyl (C=O) groups excluding carboxylic acids is 1. The fourth-order valence-corrected chi connectivity index (χ4v) is 1.03. The second-order valence-corrected chi connectivity index (χ2v) is 3.07.